The summed E-state index contributed by atoms with van der Waals surface area (Å²) in [5.74, 6) is -2.18. The summed E-state index contributed by atoms with van der Waals surface area (Å²) in [7, 11) is 0. The van der Waals surface area contributed by atoms with Crippen LogP contribution >= 0.6 is 0 Å². The number of aromatic nitrogens is 1. The number of halogens is 2. The van der Waals surface area contributed by atoms with E-state index in [1.165, 1.54) is 0 Å². The maximum atomic E-state index is 13.0. The third-order valence-electron chi connectivity index (χ3n) is 3.20. The molecule has 0 radical (unpaired) electrons. The lowest BCUT2D eigenvalue weighted by Gasteiger charge is -2.14. The number of hydrogen-bond acceptors (Lipinski definition) is 3. The fraction of sp³-hybridized carbons (Fsp3) is 0.615. The monoisotopic (exact) mass is 257 g/mol. The Kier molecular flexibility index (Phi) is 3.80. The Hall–Kier alpha value is -1.23. The minimum atomic E-state index is -2.54. The standard InChI is InChI=1S/C13H17F2NO2/c1-9-2-3-12(11(7-17)16-9)18-8-10-4-5-13(14,15)6-10/h2-3,10,17H,4-8H2,1H3. The second kappa shape index (κ2) is 5.18. The largest absolute Gasteiger partial charge is 0.491 e. The summed E-state index contributed by atoms with van der Waals surface area (Å²) < 4.78 is 31.5. The van der Waals surface area contributed by atoms with Crippen molar-refractivity contribution in [3.63, 3.8) is 0 Å². The van der Waals surface area contributed by atoms with Crippen molar-refractivity contribution in [3.05, 3.63) is 23.5 Å². The van der Waals surface area contributed by atoms with Gasteiger partial charge in [-0.3, -0.25) is 4.98 Å². The maximum absolute atomic E-state index is 13.0. The number of ether oxygens (including phenoxy) is 1. The highest BCUT2D eigenvalue weighted by atomic mass is 19.3. The average molecular weight is 257 g/mol. The first-order chi connectivity index (χ1) is 8.50. The highest BCUT2D eigenvalue weighted by molar-refractivity contribution is 5.28. The average Bonchev–Trinajstić information content (AvgIpc) is 2.67. The number of nitrogens with zero attached hydrogens (tertiary/aromatic N) is 1. The highest BCUT2D eigenvalue weighted by Crippen LogP contribution is 2.39. The zero-order chi connectivity index (χ0) is 13.2. The Balaban J connectivity index is 1.94. The van der Waals surface area contributed by atoms with Crippen molar-refractivity contribution in [1.29, 1.82) is 0 Å². The normalized spacial score (nSPS) is 22.1. The van der Waals surface area contributed by atoms with Crippen molar-refractivity contribution in [2.24, 2.45) is 5.92 Å². The second-order valence-electron chi connectivity index (χ2n) is 4.83. The van der Waals surface area contributed by atoms with E-state index in [1.54, 1.807) is 12.1 Å². The molecule has 0 amide bonds. The van der Waals surface area contributed by atoms with Crippen LogP contribution in [0.3, 0.4) is 0 Å². The lowest BCUT2D eigenvalue weighted by atomic mass is 10.1. The van der Waals surface area contributed by atoms with Gasteiger partial charge in [0, 0.05) is 18.5 Å². The van der Waals surface area contributed by atoms with E-state index in [4.69, 9.17) is 9.84 Å². The van der Waals surface area contributed by atoms with Gasteiger partial charge in [-0.05, 0) is 31.4 Å². The van der Waals surface area contributed by atoms with Crippen LogP contribution in [0, 0.1) is 12.8 Å². The first-order valence-electron chi connectivity index (χ1n) is 6.08. The van der Waals surface area contributed by atoms with Crippen molar-refractivity contribution < 1.29 is 18.6 Å². The van der Waals surface area contributed by atoms with Crippen molar-refractivity contribution in [3.8, 4) is 5.75 Å². The zero-order valence-corrected chi connectivity index (χ0v) is 10.3. The minimum absolute atomic E-state index is 0.0555. The Bertz CT molecular complexity index is 423. The van der Waals surface area contributed by atoms with Gasteiger partial charge in [0.15, 0.2) is 0 Å². The summed E-state index contributed by atoms with van der Waals surface area (Å²) in [5, 5.41) is 9.16. The molecule has 3 nitrogen and oxygen atoms in total. The van der Waals surface area contributed by atoms with Crippen molar-refractivity contribution in [2.45, 2.75) is 38.7 Å². The topological polar surface area (TPSA) is 42.4 Å². The van der Waals surface area contributed by atoms with E-state index in [0.717, 1.165) is 5.69 Å². The molecule has 0 bridgehead atoms. The molecule has 2 rings (SSSR count). The summed E-state index contributed by atoms with van der Waals surface area (Å²) in [4.78, 5) is 4.14. The van der Waals surface area contributed by atoms with Crippen LogP contribution in [0.5, 0.6) is 5.75 Å². The van der Waals surface area contributed by atoms with Crippen molar-refractivity contribution >= 4 is 0 Å². The molecule has 1 saturated carbocycles. The van der Waals surface area contributed by atoms with Gasteiger partial charge in [-0.15, -0.1) is 0 Å². The van der Waals surface area contributed by atoms with Crippen LogP contribution < -0.4 is 4.74 Å². The molecule has 1 unspecified atom stereocenters. The quantitative estimate of drug-likeness (QED) is 0.901. The Morgan fingerprint density at radius 3 is 2.89 bits per heavy atom. The number of aliphatic hydroxyl groups excluding tert-OH is 1. The van der Waals surface area contributed by atoms with Gasteiger partial charge in [-0.1, -0.05) is 0 Å². The molecule has 100 valence electrons. The van der Waals surface area contributed by atoms with Crippen LogP contribution in [0.15, 0.2) is 12.1 Å². The molecule has 1 aliphatic carbocycles. The number of pyridine rings is 1. The summed E-state index contributed by atoms with van der Waals surface area (Å²) in [6, 6.07) is 3.50. The van der Waals surface area contributed by atoms with E-state index >= 15 is 0 Å². The molecule has 1 aliphatic rings. The summed E-state index contributed by atoms with van der Waals surface area (Å²) >= 11 is 0. The van der Waals surface area contributed by atoms with Gasteiger partial charge in [0.05, 0.1) is 13.2 Å². The lowest BCUT2D eigenvalue weighted by molar-refractivity contribution is 0.00287. The predicted octanol–water partition coefficient (Wildman–Crippen LogP) is 2.70. The Labute approximate surface area is 105 Å². The third-order valence-corrected chi connectivity index (χ3v) is 3.20. The number of hydrogen-bond donors (Lipinski definition) is 1. The maximum Gasteiger partial charge on any atom is 0.248 e. The van der Waals surface area contributed by atoms with Gasteiger partial charge in [-0.25, -0.2) is 8.78 Å². The molecule has 18 heavy (non-hydrogen) atoms. The SMILES string of the molecule is Cc1ccc(OCC2CCC(F)(F)C2)c(CO)n1. The van der Waals surface area contributed by atoms with E-state index in [1.807, 2.05) is 6.92 Å². The molecule has 1 atom stereocenters. The second-order valence-corrected chi connectivity index (χ2v) is 4.83. The number of alkyl halides is 2. The molecule has 1 fully saturated rings. The molecule has 1 N–H and O–H groups in total. The van der Waals surface area contributed by atoms with E-state index in [-0.39, 0.29) is 32.0 Å². The fourth-order valence-corrected chi connectivity index (χ4v) is 2.23. The summed E-state index contributed by atoms with van der Waals surface area (Å²) in [5.41, 5.74) is 1.25. The zero-order valence-electron chi connectivity index (χ0n) is 10.3. The molecule has 0 aliphatic heterocycles. The molecular formula is C13H17F2NO2. The van der Waals surface area contributed by atoms with Crippen LogP contribution in [-0.4, -0.2) is 22.6 Å². The lowest BCUT2D eigenvalue weighted by Crippen LogP contribution is -2.14. The van der Waals surface area contributed by atoms with Gasteiger partial charge in [0.1, 0.15) is 11.4 Å². The van der Waals surface area contributed by atoms with Gasteiger partial charge in [0.2, 0.25) is 5.92 Å². The Morgan fingerprint density at radius 2 is 2.28 bits per heavy atom. The molecule has 1 aromatic heterocycles. The van der Waals surface area contributed by atoms with Crippen molar-refractivity contribution in [1.82, 2.24) is 4.98 Å². The van der Waals surface area contributed by atoms with Gasteiger partial charge in [-0.2, -0.15) is 0 Å². The minimum Gasteiger partial charge on any atom is -0.491 e. The third kappa shape index (κ3) is 3.16. The molecule has 0 aromatic carbocycles. The predicted molar refractivity (Wildman–Crippen MR) is 62.7 cm³/mol. The van der Waals surface area contributed by atoms with Crippen molar-refractivity contribution in [2.75, 3.05) is 6.61 Å². The first-order valence-corrected chi connectivity index (χ1v) is 6.08. The van der Waals surface area contributed by atoms with E-state index in [9.17, 15) is 8.78 Å². The van der Waals surface area contributed by atoms with Crippen LogP contribution in [0.25, 0.3) is 0 Å². The molecule has 1 aromatic rings. The molecule has 1 heterocycles. The van der Waals surface area contributed by atoms with Gasteiger partial charge < -0.3 is 9.84 Å². The molecule has 5 heteroatoms. The summed E-state index contributed by atoms with van der Waals surface area (Å²) in [6.45, 7) is 1.87. The van der Waals surface area contributed by atoms with Gasteiger partial charge >= 0.3 is 0 Å². The fourth-order valence-electron chi connectivity index (χ4n) is 2.23. The molecular weight excluding hydrogens is 240 g/mol. The van der Waals surface area contributed by atoms with Crippen LogP contribution in [0.2, 0.25) is 0 Å². The molecule has 0 spiro atoms. The Morgan fingerprint density at radius 1 is 1.50 bits per heavy atom. The smallest absolute Gasteiger partial charge is 0.248 e. The van der Waals surface area contributed by atoms with E-state index < -0.39 is 5.92 Å². The molecule has 0 saturated heterocycles. The number of rotatable bonds is 4. The number of aliphatic hydroxyl groups is 1. The van der Waals surface area contributed by atoms with Crippen LogP contribution in [0.1, 0.15) is 30.7 Å². The van der Waals surface area contributed by atoms with Crippen LogP contribution in [-0.2, 0) is 6.61 Å². The van der Waals surface area contributed by atoms with Crippen LogP contribution in [0.4, 0.5) is 8.78 Å². The summed E-state index contributed by atoms with van der Waals surface area (Å²) in [6.07, 6.45) is 0.321. The number of aryl methyl sites for hydroxylation is 1. The van der Waals surface area contributed by atoms with E-state index in [2.05, 4.69) is 4.98 Å². The highest BCUT2D eigenvalue weighted by Gasteiger charge is 2.39. The first kappa shape index (κ1) is 13.2. The van der Waals surface area contributed by atoms with Gasteiger partial charge in [0.25, 0.3) is 0 Å². The van der Waals surface area contributed by atoms with E-state index in [0.29, 0.717) is 17.9 Å².